The number of rotatable bonds is 2. The molecule has 19 heavy (non-hydrogen) atoms. The molecule has 5 heteroatoms. The van der Waals surface area contributed by atoms with Crippen LogP contribution >= 0.6 is 23.2 Å². The lowest BCUT2D eigenvalue weighted by molar-refractivity contribution is -0.134. The van der Waals surface area contributed by atoms with Crippen molar-refractivity contribution in [2.45, 2.75) is 31.8 Å². The summed E-state index contributed by atoms with van der Waals surface area (Å²) in [5.74, 6) is 0.00509. The molecule has 0 unspecified atom stereocenters. The SMILES string of the molecule is CC1(O)CCN(C(=O)Cc2c(Cl)cccc2Cl)CC1. The molecule has 1 aromatic carbocycles. The number of likely N-dealkylation sites (tertiary alicyclic amines) is 1. The Morgan fingerprint density at radius 2 is 1.84 bits per heavy atom. The van der Waals surface area contributed by atoms with Crippen LogP contribution in [0.25, 0.3) is 0 Å². The third-order valence-corrected chi connectivity index (χ3v) is 4.29. The number of hydrogen-bond acceptors (Lipinski definition) is 2. The number of halogens is 2. The number of carbonyl (C=O) groups excluding carboxylic acids is 1. The van der Waals surface area contributed by atoms with Crippen molar-refractivity contribution in [3.63, 3.8) is 0 Å². The predicted octanol–water partition coefficient (Wildman–Crippen LogP) is 2.91. The van der Waals surface area contributed by atoms with Gasteiger partial charge in [-0.15, -0.1) is 0 Å². The average molecular weight is 302 g/mol. The third-order valence-electron chi connectivity index (χ3n) is 3.58. The van der Waals surface area contributed by atoms with Gasteiger partial charge >= 0.3 is 0 Å². The molecule has 0 radical (unpaired) electrons. The van der Waals surface area contributed by atoms with E-state index in [1.54, 1.807) is 30.0 Å². The van der Waals surface area contributed by atoms with Crippen LogP contribution < -0.4 is 0 Å². The first-order valence-electron chi connectivity index (χ1n) is 6.32. The van der Waals surface area contributed by atoms with Crippen LogP contribution in [0, 0.1) is 0 Å². The van der Waals surface area contributed by atoms with Gasteiger partial charge in [-0.25, -0.2) is 0 Å². The maximum Gasteiger partial charge on any atom is 0.227 e. The lowest BCUT2D eigenvalue weighted by atomic mass is 9.93. The van der Waals surface area contributed by atoms with Crippen molar-refractivity contribution < 1.29 is 9.90 Å². The fraction of sp³-hybridized carbons (Fsp3) is 0.500. The van der Waals surface area contributed by atoms with Crippen molar-refractivity contribution in [2.24, 2.45) is 0 Å². The Labute approximate surface area is 123 Å². The summed E-state index contributed by atoms with van der Waals surface area (Å²) in [6, 6.07) is 5.23. The van der Waals surface area contributed by atoms with Crippen molar-refractivity contribution in [1.82, 2.24) is 4.90 Å². The quantitative estimate of drug-likeness (QED) is 0.912. The summed E-state index contributed by atoms with van der Waals surface area (Å²) in [6.45, 7) is 2.96. The van der Waals surface area contributed by atoms with Gasteiger partial charge in [0.15, 0.2) is 0 Å². The van der Waals surface area contributed by atoms with E-state index in [1.807, 2.05) is 0 Å². The summed E-state index contributed by atoms with van der Waals surface area (Å²) >= 11 is 12.1. The fourth-order valence-electron chi connectivity index (χ4n) is 2.20. The molecule has 1 fully saturated rings. The lowest BCUT2D eigenvalue weighted by Crippen LogP contribution is -2.45. The van der Waals surface area contributed by atoms with Gasteiger partial charge in [0.2, 0.25) is 5.91 Å². The highest BCUT2D eigenvalue weighted by Gasteiger charge is 2.29. The molecule has 0 aromatic heterocycles. The minimum absolute atomic E-state index is 0.00509. The van der Waals surface area contributed by atoms with Crippen molar-refractivity contribution in [1.29, 1.82) is 0 Å². The van der Waals surface area contributed by atoms with Crippen LogP contribution in [0.1, 0.15) is 25.3 Å². The van der Waals surface area contributed by atoms with Gasteiger partial charge in [-0.05, 0) is 37.5 Å². The number of amides is 1. The monoisotopic (exact) mass is 301 g/mol. The molecular formula is C14H17Cl2NO2. The van der Waals surface area contributed by atoms with Crippen molar-refractivity contribution >= 4 is 29.1 Å². The van der Waals surface area contributed by atoms with E-state index < -0.39 is 5.60 Å². The van der Waals surface area contributed by atoms with Crippen LogP contribution in [-0.2, 0) is 11.2 Å². The molecule has 0 aliphatic carbocycles. The molecule has 0 spiro atoms. The number of nitrogens with zero attached hydrogens (tertiary/aromatic N) is 1. The Hall–Kier alpha value is -0.770. The highest BCUT2D eigenvalue weighted by molar-refractivity contribution is 6.36. The normalized spacial score (nSPS) is 18.4. The Balaban J connectivity index is 2.02. The molecule has 1 saturated heterocycles. The van der Waals surface area contributed by atoms with Gasteiger partial charge in [0.25, 0.3) is 0 Å². The van der Waals surface area contributed by atoms with Crippen LogP contribution in [0.15, 0.2) is 18.2 Å². The number of aliphatic hydroxyl groups is 1. The molecular weight excluding hydrogens is 285 g/mol. The van der Waals surface area contributed by atoms with E-state index in [1.165, 1.54) is 0 Å². The smallest absolute Gasteiger partial charge is 0.227 e. The topological polar surface area (TPSA) is 40.5 Å². The molecule has 1 aromatic rings. The fourth-order valence-corrected chi connectivity index (χ4v) is 2.73. The van der Waals surface area contributed by atoms with Gasteiger partial charge < -0.3 is 10.0 Å². The van der Waals surface area contributed by atoms with Gasteiger partial charge in [-0.2, -0.15) is 0 Å². The van der Waals surface area contributed by atoms with Crippen LogP contribution in [0.2, 0.25) is 10.0 Å². The summed E-state index contributed by atoms with van der Waals surface area (Å²) in [6.07, 6.45) is 1.42. The second-order valence-corrected chi connectivity index (χ2v) is 6.07. The van der Waals surface area contributed by atoms with E-state index in [-0.39, 0.29) is 12.3 Å². The van der Waals surface area contributed by atoms with Crippen LogP contribution in [0.4, 0.5) is 0 Å². The Morgan fingerprint density at radius 3 is 2.37 bits per heavy atom. The van der Waals surface area contributed by atoms with Crippen LogP contribution in [0.3, 0.4) is 0 Å². The molecule has 3 nitrogen and oxygen atoms in total. The Bertz CT molecular complexity index is 458. The Morgan fingerprint density at radius 1 is 1.32 bits per heavy atom. The molecule has 1 aliphatic heterocycles. The van der Waals surface area contributed by atoms with E-state index in [9.17, 15) is 9.90 Å². The molecule has 1 aliphatic rings. The molecule has 1 N–H and O–H groups in total. The maximum atomic E-state index is 12.2. The zero-order chi connectivity index (χ0) is 14.0. The second-order valence-electron chi connectivity index (χ2n) is 5.25. The number of hydrogen-bond donors (Lipinski definition) is 1. The lowest BCUT2D eigenvalue weighted by Gasteiger charge is -2.35. The van der Waals surface area contributed by atoms with Crippen molar-refractivity contribution in [3.8, 4) is 0 Å². The summed E-state index contributed by atoms with van der Waals surface area (Å²) in [4.78, 5) is 14.0. The van der Waals surface area contributed by atoms with E-state index in [2.05, 4.69) is 0 Å². The molecule has 2 rings (SSSR count). The number of carbonyl (C=O) groups is 1. The maximum absolute atomic E-state index is 12.2. The zero-order valence-electron chi connectivity index (χ0n) is 10.8. The van der Waals surface area contributed by atoms with Gasteiger partial charge in [0, 0.05) is 23.1 Å². The molecule has 0 bridgehead atoms. The van der Waals surface area contributed by atoms with E-state index >= 15 is 0 Å². The van der Waals surface area contributed by atoms with Gasteiger partial charge in [0.1, 0.15) is 0 Å². The van der Waals surface area contributed by atoms with Crippen LogP contribution in [-0.4, -0.2) is 34.6 Å². The minimum atomic E-state index is -0.654. The molecule has 0 atom stereocenters. The third kappa shape index (κ3) is 3.62. The van der Waals surface area contributed by atoms with Gasteiger partial charge in [-0.1, -0.05) is 29.3 Å². The second kappa shape index (κ2) is 5.70. The van der Waals surface area contributed by atoms with E-state index in [4.69, 9.17) is 23.2 Å². The highest BCUT2D eigenvalue weighted by atomic mass is 35.5. The first kappa shape index (κ1) is 14.6. The minimum Gasteiger partial charge on any atom is -0.390 e. The zero-order valence-corrected chi connectivity index (χ0v) is 12.3. The molecule has 0 saturated carbocycles. The van der Waals surface area contributed by atoms with E-state index in [0.29, 0.717) is 41.5 Å². The first-order chi connectivity index (χ1) is 8.89. The molecule has 1 heterocycles. The summed E-state index contributed by atoms with van der Waals surface area (Å²) in [7, 11) is 0. The average Bonchev–Trinajstić information content (AvgIpc) is 2.33. The van der Waals surface area contributed by atoms with Crippen molar-refractivity contribution in [3.05, 3.63) is 33.8 Å². The van der Waals surface area contributed by atoms with Crippen LogP contribution in [0.5, 0.6) is 0 Å². The molecule has 1 amide bonds. The number of benzene rings is 1. The highest BCUT2D eigenvalue weighted by Crippen LogP contribution is 2.26. The Kier molecular flexibility index (Phi) is 4.39. The standard InChI is InChI=1S/C14H17Cl2NO2/c1-14(19)5-7-17(8-6-14)13(18)9-10-11(15)3-2-4-12(10)16/h2-4,19H,5-9H2,1H3. The first-order valence-corrected chi connectivity index (χ1v) is 7.08. The summed E-state index contributed by atoms with van der Waals surface area (Å²) in [5, 5.41) is 10.9. The van der Waals surface area contributed by atoms with E-state index in [0.717, 1.165) is 0 Å². The predicted molar refractivity (Wildman–Crippen MR) is 76.6 cm³/mol. The largest absolute Gasteiger partial charge is 0.390 e. The van der Waals surface area contributed by atoms with Crippen molar-refractivity contribution in [2.75, 3.05) is 13.1 Å². The summed E-state index contributed by atoms with van der Waals surface area (Å²) in [5.41, 5.74) is 0.0203. The molecule has 104 valence electrons. The number of piperidine rings is 1. The van der Waals surface area contributed by atoms with Gasteiger partial charge in [-0.3, -0.25) is 4.79 Å². The van der Waals surface area contributed by atoms with Gasteiger partial charge in [0.05, 0.1) is 12.0 Å². The summed E-state index contributed by atoms with van der Waals surface area (Å²) < 4.78 is 0.